The molecule has 2 aliphatic heterocycles. The lowest BCUT2D eigenvalue weighted by Crippen LogP contribution is -2.52. The lowest BCUT2D eigenvalue weighted by Gasteiger charge is -2.38. The van der Waals surface area contributed by atoms with E-state index < -0.39 is 23.0 Å². The first-order valence-electron chi connectivity index (χ1n) is 12.0. The molecule has 1 atom stereocenters. The molecule has 2 aliphatic rings. The van der Waals surface area contributed by atoms with Crippen molar-refractivity contribution in [2.45, 2.75) is 26.8 Å². The first kappa shape index (κ1) is 25.2. The molecule has 190 valence electrons. The van der Waals surface area contributed by atoms with E-state index in [2.05, 4.69) is 52.5 Å². The topological polar surface area (TPSA) is 117 Å². The minimum absolute atomic E-state index is 0.0670. The Balaban J connectivity index is 1.57. The third-order valence-corrected chi connectivity index (χ3v) is 6.55. The van der Waals surface area contributed by atoms with Gasteiger partial charge in [0, 0.05) is 56.2 Å². The normalized spacial score (nSPS) is 18.5. The second-order valence-corrected chi connectivity index (χ2v) is 9.05. The summed E-state index contributed by atoms with van der Waals surface area (Å²) < 4.78 is 5.33. The minimum Gasteiger partial charge on any atom is -0.463 e. The predicted octanol–water partition coefficient (Wildman–Crippen LogP) is 3.20. The fourth-order valence-corrected chi connectivity index (χ4v) is 4.66. The number of ether oxygens (including phenoxy) is 1. The Morgan fingerprint density at radius 2 is 1.81 bits per heavy atom. The van der Waals surface area contributed by atoms with Crippen LogP contribution in [0.15, 0.2) is 53.7 Å². The molecule has 2 amide bonds. The molecule has 36 heavy (non-hydrogen) atoms. The van der Waals surface area contributed by atoms with Crippen molar-refractivity contribution < 1.29 is 19.2 Å². The zero-order valence-corrected chi connectivity index (χ0v) is 20.7. The number of nitro groups is 1. The van der Waals surface area contributed by atoms with Crippen molar-refractivity contribution in [1.29, 1.82) is 0 Å². The molecule has 0 spiro atoms. The molecule has 10 heteroatoms. The highest BCUT2D eigenvalue weighted by Crippen LogP contribution is 2.30. The summed E-state index contributed by atoms with van der Waals surface area (Å²) in [5.74, 6) is -0.530. The maximum Gasteiger partial charge on any atom is 0.338 e. The first-order valence-corrected chi connectivity index (χ1v) is 12.0. The van der Waals surface area contributed by atoms with Gasteiger partial charge in [0.2, 0.25) is 0 Å². The number of nitrogens with one attached hydrogen (secondary N) is 2. The molecule has 0 unspecified atom stereocenters. The number of piperazine rings is 1. The fourth-order valence-electron chi connectivity index (χ4n) is 4.66. The number of nitro benzene ring substituents is 1. The molecule has 0 aliphatic carbocycles. The summed E-state index contributed by atoms with van der Waals surface area (Å²) >= 11 is 0. The van der Waals surface area contributed by atoms with Gasteiger partial charge in [0.25, 0.3) is 5.69 Å². The van der Waals surface area contributed by atoms with E-state index in [1.165, 1.54) is 28.9 Å². The number of esters is 1. The van der Waals surface area contributed by atoms with Crippen molar-refractivity contribution in [3.63, 3.8) is 0 Å². The molecular formula is C26H31N5O5. The van der Waals surface area contributed by atoms with Crippen LogP contribution < -0.4 is 15.5 Å². The van der Waals surface area contributed by atoms with E-state index in [1.54, 1.807) is 19.1 Å². The third-order valence-electron chi connectivity index (χ3n) is 6.55. The number of anilines is 1. The number of rotatable bonds is 7. The molecular weight excluding hydrogens is 462 g/mol. The number of benzene rings is 2. The molecule has 0 radical (unpaired) electrons. The van der Waals surface area contributed by atoms with Gasteiger partial charge in [0.05, 0.1) is 23.1 Å². The maximum atomic E-state index is 13.0. The standard InChI is InChI=1S/C26H31N5O5/c1-4-36-25(32)23-21(27-26(33)28-24(23)19-7-9-20(10-8-19)31(34)35)16-29-11-13-30(14-12-29)22-15-17(2)5-6-18(22)3/h5-10,15,24H,4,11-14,16H2,1-3H3,(H2,27,28,33)/t24-/m0/s1. The van der Waals surface area contributed by atoms with E-state index in [4.69, 9.17) is 4.74 Å². The van der Waals surface area contributed by atoms with Crippen molar-refractivity contribution in [2.75, 3.05) is 44.2 Å². The zero-order valence-electron chi connectivity index (χ0n) is 20.7. The van der Waals surface area contributed by atoms with E-state index in [1.807, 2.05) is 0 Å². The lowest BCUT2D eigenvalue weighted by atomic mass is 9.94. The first-order chi connectivity index (χ1) is 17.3. The monoisotopic (exact) mass is 493 g/mol. The second-order valence-electron chi connectivity index (χ2n) is 9.05. The molecule has 0 bridgehead atoms. The van der Waals surface area contributed by atoms with E-state index in [0.29, 0.717) is 23.4 Å². The summed E-state index contributed by atoms with van der Waals surface area (Å²) in [5, 5.41) is 16.6. The predicted molar refractivity (Wildman–Crippen MR) is 136 cm³/mol. The van der Waals surface area contributed by atoms with Gasteiger partial charge in [0.15, 0.2) is 0 Å². The van der Waals surface area contributed by atoms with Crippen LogP contribution in [0.5, 0.6) is 0 Å². The van der Waals surface area contributed by atoms with Crippen LogP contribution in [0.2, 0.25) is 0 Å². The quantitative estimate of drug-likeness (QED) is 0.346. The van der Waals surface area contributed by atoms with E-state index in [0.717, 1.165) is 26.2 Å². The Labute approximate surface area is 210 Å². The van der Waals surface area contributed by atoms with Gasteiger partial charge in [0.1, 0.15) is 0 Å². The highest BCUT2D eigenvalue weighted by molar-refractivity contribution is 5.95. The van der Waals surface area contributed by atoms with E-state index >= 15 is 0 Å². The van der Waals surface area contributed by atoms with Gasteiger partial charge in [-0.3, -0.25) is 15.0 Å². The van der Waals surface area contributed by atoms with Crippen LogP contribution in [0, 0.1) is 24.0 Å². The SMILES string of the molecule is CCOC(=O)C1=C(CN2CCN(c3cc(C)ccc3C)CC2)NC(=O)N[C@H]1c1ccc([N+](=O)[O-])cc1. The smallest absolute Gasteiger partial charge is 0.338 e. The van der Waals surface area contributed by atoms with Crippen molar-refractivity contribution in [1.82, 2.24) is 15.5 Å². The van der Waals surface area contributed by atoms with Crippen LogP contribution in [0.25, 0.3) is 0 Å². The average Bonchev–Trinajstić information content (AvgIpc) is 2.86. The fraction of sp³-hybridized carbons (Fsp3) is 0.385. The van der Waals surface area contributed by atoms with Gasteiger partial charge >= 0.3 is 12.0 Å². The maximum absolute atomic E-state index is 13.0. The molecule has 0 saturated carbocycles. The van der Waals surface area contributed by atoms with Crippen LogP contribution in [0.4, 0.5) is 16.2 Å². The molecule has 1 fully saturated rings. The molecule has 0 aromatic heterocycles. The summed E-state index contributed by atoms with van der Waals surface area (Å²) in [6.07, 6.45) is 0. The largest absolute Gasteiger partial charge is 0.463 e. The average molecular weight is 494 g/mol. The Morgan fingerprint density at radius 1 is 1.11 bits per heavy atom. The van der Waals surface area contributed by atoms with Gasteiger partial charge in [-0.2, -0.15) is 0 Å². The molecule has 1 saturated heterocycles. The number of amides is 2. The molecule has 10 nitrogen and oxygen atoms in total. The summed E-state index contributed by atoms with van der Waals surface area (Å²) in [4.78, 5) is 40.7. The van der Waals surface area contributed by atoms with Gasteiger partial charge < -0.3 is 20.3 Å². The molecule has 2 aromatic carbocycles. The minimum atomic E-state index is -0.773. The zero-order chi connectivity index (χ0) is 25.8. The van der Waals surface area contributed by atoms with Gasteiger partial charge in [-0.05, 0) is 55.7 Å². The summed E-state index contributed by atoms with van der Waals surface area (Å²) in [5.41, 5.74) is 4.98. The van der Waals surface area contributed by atoms with Gasteiger partial charge in [-0.15, -0.1) is 0 Å². The Kier molecular flexibility index (Phi) is 7.54. The van der Waals surface area contributed by atoms with Gasteiger partial charge in [-0.1, -0.05) is 12.1 Å². The number of carbonyl (C=O) groups excluding carboxylic acids is 2. The lowest BCUT2D eigenvalue weighted by molar-refractivity contribution is -0.384. The molecule has 2 N–H and O–H groups in total. The highest BCUT2D eigenvalue weighted by atomic mass is 16.6. The van der Waals surface area contributed by atoms with Crippen molar-refractivity contribution in [3.8, 4) is 0 Å². The van der Waals surface area contributed by atoms with Gasteiger partial charge in [-0.25, -0.2) is 9.59 Å². The molecule has 2 aromatic rings. The van der Waals surface area contributed by atoms with E-state index in [-0.39, 0.29) is 12.3 Å². The molecule has 4 rings (SSSR count). The summed E-state index contributed by atoms with van der Waals surface area (Å²) in [6.45, 7) is 9.66. The highest BCUT2D eigenvalue weighted by Gasteiger charge is 2.35. The van der Waals surface area contributed by atoms with Crippen LogP contribution in [-0.2, 0) is 9.53 Å². The number of urea groups is 1. The number of non-ortho nitro benzene ring substituents is 1. The van der Waals surface area contributed by atoms with Crippen LogP contribution >= 0.6 is 0 Å². The van der Waals surface area contributed by atoms with E-state index in [9.17, 15) is 19.7 Å². The van der Waals surface area contributed by atoms with Crippen molar-refractivity contribution in [2.24, 2.45) is 0 Å². The Bertz CT molecular complexity index is 1190. The summed E-state index contributed by atoms with van der Waals surface area (Å²) in [6, 6.07) is 11.1. The Morgan fingerprint density at radius 3 is 2.44 bits per heavy atom. The van der Waals surface area contributed by atoms with Crippen LogP contribution in [0.1, 0.15) is 29.7 Å². The Hall–Kier alpha value is -3.92. The number of hydrogen-bond acceptors (Lipinski definition) is 7. The van der Waals surface area contributed by atoms with Crippen LogP contribution in [-0.4, -0.2) is 61.2 Å². The second kappa shape index (κ2) is 10.8. The van der Waals surface area contributed by atoms with Crippen LogP contribution in [0.3, 0.4) is 0 Å². The third kappa shape index (κ3) is 5.49. The number of carbonyl (C=O) groups is 2. The molecule has 2 heterocycles. The van der Waals surface area contributed by atoms with Crippen molar-refractivity contribution >= 4 is 23.4 Å². The number of hydrogen-bond donors (Lipinski definition) is 2. The van der Waals surface area contributed by atoms with Crippen molar-refractivity contribution in [3.05, 3.63) is 80.5 Å². The summed E-state index contributed by atoms with van der Waals surface area (Å²) in [7, 11) is 0. The number of nitrogens with zero attached hydrogens (tertiary/aromatic N) is 3. The number of aryl methyl sites for hydroxylation is 2.